The second kappa shape index (κ2) is 7.82. The van der Waals surface area contributed by atoms with Crippen molar-refractivity contribution >= 4 is 46.1 Å². The lowest BCUT2D eigenvalue weighted by atomic mass is 9.96. The predicted octanol–water partition coefficient (Wildman–Crippen LogP) is 5.35. The fourth-order valence-electron chi connectivity index (χ4n) is 3.43. The van der Waals surface area contributed by atoms with Crippen LogP contribution in [0.15, 0.2) is 47.4 Å². The van der Waals surface area contributed by atoms with Crippen molar-refractivity contribution in [2.45, 2.75) is 23.7 Å². The van der Waals surface area contributed by atoms with E-state index in [1.165, 1.54) is 4.90 Å². The number of benzene rings is 2. The third-order valence-corrected chi connectivity index (χ3v) is 5.95. The Morgan fingerprint density at radius 3 is 2.67 bits per heavy atom. The smallest absolute Gasteiger partial charge is 0.321 e. The van der Waals surface area contributed by atoms with Gasteiger partial charge in [0.25, 0.3) is 0 Å². The number of nitrogens with one attached hydrogen (secondary N) is 2. The normalized spacial score (nSPS) is 15.3. The SMILES string of the molecule is CSc1ccc(NC(=O)N2CCC(c3nc4ccc(Cl)cc4[nH]3)CC2)cc1. The molecule has 0 saturated carbocycles. The first-order valence-electron chi connectivity index (χ1n) is 8.97. The van der Waals surface area contributed by atoms with E-state index in [0.717, 1.165) is 48.5 Å². The van der Waals surface area contributed by atoms with Gasteiger partial charge in [-0.1, -0.05) is 11.6 Å². The van der Waals surface area contributed by atoms with Gasteiger partial charge in [-0.15, -0.1) is 11.8 Å². The molecule has 1 aliphatic heterocycles. The molecule has 2 heterocycles. The van der Waals surface area contributed by atoms with Crippen LogP contribution in [0.25, 0.3) is 11.0 Å². The molecule has 0 radical (unpaired) electrons. The molecule has 27 heavy (non-hydrogen) atoms. The number of H-pyrrole nitrogens is 1. The Morgan fingerprint density at radius 1 is 1.22 bits per heavy atom. The van der Waals surface area contributed by atoms with Gasteiger partial charge in [0.15, 0.2) is 0 Å². The van der Waals surface area contributed by atoms with Gasteiger partial charge in [-0.05, 0) is 61.6 Å². The third kappa shape index (κ3) is 4.06. The van der Waals surface area contributed by atoms with Crippen molar-refractivity contribution in [2.75, 3.05) is 24.7 Å². The van der Waals surface area contributed by atoms with E-state index < -0.39 is 0 Å². The number of carbonyl (C=O) groups excluding carboxylic acids is 1. The largest absolute Gasteiger partial charge is 0.342 e. The number of piperidine rings is 1. The molecule has 3 aromatic rings. The van der Waals surface area contributed by atoms with Gasteiger partial charge in [0, 0.05) is 34.6 Å². The number of nitrogens with zero attached hydrogens (tertiary/aromatic N) is 2. The van der Waals surface area contributed by atoms with Crippen molar-refractivity contribution in [1.82, 2.24) is 14.9 Å². The first-order chi connectivity index (χ1) is 13.1. The Morgan fingerprint density at radius 2 is 1.96 bits per heavy atom. The summed E-state index contributed by atoms with van der Waals surface area (Å²) in [6.45, 7) is 1.44. The molecule has 2 aromatic carbocycles. The van der Waals surface area contributed by atoms with Gasteiger partial charge in [0.2, 0.25) is 0 Å². The van der Waals surface area contributed by atoms with E-state index in [9.17, 15) is 4.79 Å². The molecule has 2 amide bonds. The minimum Gasteiger partial charge on any atom is -0.342 e. The lowest BCUT2D eigenvalue weighted by Gasteiger charge is -2.31. The summed E-state index contributed by atoms with van der Waals surface area (Å²) < 4.78 is 0. The van der Waals surface area contributed by atoms with E-state index in [-0.39, 0.29) is 6.03 Å². The number of anilines is 1. The average molecular weight is 401 g/mol. The summed E-state index contributed by atoms with van der Waals surface area (Å²) in [7, 11) is 0. The van der Waals surface area contributed by atoms with Gasteiger partial charge in [-0.3, -0.25) is 0 Å². The van der Waals surface area contributed by atoms with Crippen LogP contribution in [-0.2, 0) is 0 Å². The first-order valence-corrected chi connectivity index (χ1v) is 10.6. The molecule has 5 nitrogen and oxygen atoms in total. The molecular weight excluding hydrogens is 380 g/mol. The van der Waals surface area contributed by atoms with E-state index in [1.807, 2.05) is 53.6 Å². The Bertz CT molecular complexity index is 948. The standard InChI is InChI=1S/C20H21ClN4OS/c1-27-16-5-3-15(4-6-16)22-20(26)25-10-8-13(9-11-25)19-23-17-7-2-14(21)12-18(17)24-19/h2-7,12-13H,8-11H2,1H3,(H,22,26)(H,23,24). The molecule has 1 aromatic heterocycles. The topological polar surface area (TPSA) is 61.0 Å². The van der Waals surface area contributed by atoms with Crippen LogP contribution in [-0.4, -0.2) is 40.2 Å². The fraction of sp³-hybridized carbons (Fsp3) is 0.300. The number of urea groups is 1. The monoisotopic (exact) mass is 400 g/mol. The molecule has 1 fully saturated rings. The average Bonchev–Trinajstić information content (AvgIpc) is 3.12. The quantitative estimate of drug-likeness (QED) is 0.582. The fourth-order valence-corrected chi connectivity index (χ4v) is 4.01. The molecular formula is C20H21ClN4OS. The number of rotatable bonds is 3. The predicted molar refractivity (Wildman–Crippen MR) is 112 cm³/mol. The summed E-state index contributed by atoms with van der Waals surface area (Å²) in [6, 6.07) is 13.6. The second-order valence-electron chi connectivity index (χ2n) is 6.70. The molecule has 2 N–H and O–H groups in total. The highest BCUT2D eigenvalue weighted by molar-refractivity contribution is 7.98. The van der Waals surface area contributed by atoms with Crippen molar-refractivity contribution in [2.24, 2.45) is 0 Å². The van der Waals surface area contributed by atoms with E-state index >= 15 is 0 Å². The van der Waals surface area contributed by atoms with Crippen LogP contribution >= 0.6 is 23.4 Å². The third-order valence-electron chi connectivity index (χ3n) is 4.97. The summed E-state index contributed by atoms with van der Waals surface area (Å²) in [5, 5.41) is 3.69. The zero-order valence-electron chi connectivity index (χ0n) is 15.0. The second-order valence-corrected chi connectivity index (χ2v) is 8.02. The molecule has 0 spiro atoms. The summed E-state index contributed by atoms with van der Waals surface area (Å²) in [4.78, 5) is 23.7. The van der Waals surface area contributed by atoms with E-state index in [1.54, 1.807) is 11.8 Å². The Kier molecular flexibility index (Phi) is 5.27. The van der Waals surface area contributed by atoms with Crippen molar-refractivity contribution < 1.29 is 4.79 Å². The molecule has 4 rings (SSSR count). The van der Waals surface area contributed by atoms with Gasteiger partial charge in [0.1, 0.15) is 5.82 Å². The van der Waals surface area contributed by atoms with Crippen molar-refractivity contribution in [3.63, 3.8) is 0 Å². The Labute approximate surface area is 167 Å². The van der Waals surface area contributed by atoms with Gasteiger partial charge in [0.05, 0.1) is 11.0 Å². The number of imidazole rings is 1. The number of hydrogen-bond donors (Lipinski definition) is 2. The van der Waals surface area contributed by atoms with E-state index in [2.05, 4.69) is 10.3 Å². The highest BCUT2D eigenvalue weighted by atomic mass is 35.5. The zero-order valence-corrected chi connectivity index (χ0v) is 16.6. The van der Waals surface area contributed by atoms with Gasteiger partial charge < -0.3 is 15.2 Å². The molecule has 1 saturated heterocycles. The van der Waals surface area contributed by atoms with Crippen molar-refractivity contribution in [3.8, 4) is 0 Å². The lowest BCUT2D eigenvalue weighted by Crippen LogP contribution is -2.40. The van der Waals surface area contributed by atoms with E-state index in [4.69, 9.17) is 16.6 Å². The van der Waals surface area contributed by atoms with Crippen LogP contribution in [0.3, 0.4) is 0 Å². The highest BCUT2D eigenvalue weighted by Crippen LogP contribution is 2.29. The first kappa shape index (κ1) is 18.2. The number of likely N-dealkylation sites (tertiary alicyclic amines) is 1. The van der Waals surface area contributed by atoms with Crippen LogP contribution in [0.5, 0.6) is 0 Å². The summed E-state index contributed by atoms with van der Waals surface area (Å²) in [5.41, 5.74) is 2.73. The number of fused-ring (bicyclic) bond motifs is 1. The molecule has 1 aliphatic rings. The van der Waals surface area contributed by atoms with Crippen LogP contribution in [0, 0.1) is 0 Å². The summed E-state index contributed by atoms with van der Waals surface area (Å²) in [5.74, 6) is 1.32. The molecule has 0 unspecified atom stereocenters. The lowest BCUT2D eigenvalue weighted by molar-refractivity contribution is 0.193. The molecule has 0 bridgehead atoms. The number of hydrogen-bond acceptors (Lipinski definition) is 3. The maximum absolute atomic E-state index is 12.5. The molecule has 0 aliphatic carbocycles. The molecule has 0 atom stereocenters. The van der Waals surface area contributed by atoms with Crippen LogP contribution in [0.4, 0.5) is 10.5 Å². The Hall–Kier alpha value is -2.18. The molecule has 140 valence electrons. The van der Waals surface area contributed by atoms with Gasteiger partial charge in [-0.25, -0.2) is 9.78 Å². The van der Waals surface area contributed by atoms with Gasteiger partial charge in [-0.2, -0.15) is 0 Å². The van der Waals surface area contributed by atoms with Crippen LogP contribution < -0.4 is 5.32 Å². The van der Waals surface area contributed by atoms with Gasteiger partial charge >= 0.3 is 6.03 Å². The van der Waals surface area contributed by atoms with Crippen molar-refractivity contribution in [1.29, 1.82) is 0 Å². The maximum Gasteiger partial charge on any atom is 0.321 e. The van der Waals surface area contributed by atoms with Crippen LogP contribution in [0.2, 0.25) is 5.02 Å². The minimum absolute atomic E-state index is 0.0401. The highest BCUT2D eigenvalue weighted by Gasteiger charge is 2.25. The minimum atomic E-state index is -0.0401. The maximum atomic E-state index is 12.5. The number of aromatic amines is 1. The number of halogens is 1. The zero-order chi connectivity index (χ0) is 18.8. The number of amides is 2. The number of thioether (sulfide) groups is 1. The summed E-state index contributed by atoms with van der Waals surface area (Å²) in [6.07, 6.45) is 3.83. The summed E-state index contributed by atoms with van der Waals surface area (Å²) >= 11 is 7.74. The Balaban J connectivity index is 1.36. The number of carbonyl (C=O) groups is 1. The molecule has 7 heteroatoms. The number of aromatic nitrogens is 2. The van der Waals surface area contributed by atoms with E-state index in [0.29, 0.717) is 10.9 Å². The van der Waals surface area contributed by atoms with Crippen LogP contribution in [0.1, 0.15) is 24.6 Å². The van der Waals surface area contributed by atoms with Crippen molar-refractivity contribution in [3.05, 3.63) is 53.3 Å².